The highest BCUT2D eigenvalue weighted by Gasteiger charge is 2.35. The summed E-state index contributed by atoms with van der Waals surface area (Å²) < 4.78 is 5.62. The van der Waals surface area contributed by atoms with Gasteiger partial charge in [-0.3, -0.25) is 0 Å². The lowest BCUT2D eigenvalue weighted by Gasteiger charge is -2.47. The molecule has 2 aliphatic heterocycles. The van der Waals surface area contributed by atoms with Gasteiger partial charge in [-0.25, -0.2) is 0 Å². The summed E-state index contributed by atoms with van der Waals surface area (Å²) in [6.07, 6.45) is 6.09. The van der Waals surface area contributed by atoms with Gasteiger partial charge in [-0.2, -0.15) is 0 Å². The first-order valence-corrected chi connectivity index (χ1v) is 8.12. The Morgan fingerprint density at radius 2 is 1.85 bits per heavy atom. The van der Waals surface area contributed by atoms with E-state index in [4.69, 9.17) is 4.74 Å². The molecule has 0 saturated carbocycles. The van der Waals surface area contributed by atoms with Crippen molar-refractivity contribution in [1.82, 2.24) is 10.2 Å². The number of hydrogen-bond acceptors (Lipinski definition) is 4. The third-order valence-corrected chi connectivity index (χ3v) is 4.69. The standard InChI is InChI=1S/C16H32N2O2/c1-16(2,3)20-11-15(19)10-17-12-8-13-6-5-7-14(9-12)18(13)4/h12-15,17,19H,5-11H2,1-4H3. The van der Waals surface area contributed by atoms with Crippen LogP contribution in [0.1, 0.15) is 52.9 Å². The number of hydrogen-bond donors (Lipinski definition) is 2. The highest BCUT2D eigenvalue weighted by molar-refractivity contribution is 4.93. The van der Waals surface area contributed by atoms with Crippen molar-refractivity contribution in [2.75, 3.05) is 20.2 Å². The Morgan fingerprint density at radius 3 is 2.40 bits per heavy atom. The van der Waals surface area contributed by atoms with Gasteiger partial charge in [0, 0.05) is 24.7 Å². The highest BCUT2D eigenvalue weighted by Crippen LogP contribution is 2.32. The molecule has 0 radical (unpaired) electrons. The first kappa shape index (κ1) is 16.2. The second-order valence-electron chi connectivity index (χ2n) is 7.56. The van der Waals surface area contributed by atoms with E-state index in [1.165, 1.54) is 32.1 Å². The summed E-state index contributed by atoms with van der Waals surface area (Å²) in [5.74, 6) is 0. The third kappa shape index (κ3) is 4.69. The SMILES string of the molecule is CN1C2CCCC1CC(NCC(O)COC(C)(C)C)C2. The van der Waals surface area contributed by atoms with Gasteiger partial charge in [-0.1, -0.05) is 6.42 Å². The van der Waals surface area contributed by atoms with Gasteiger partial charge in [0.15, 0.2) is 0 Å². The van der Waals surface area contributed by atoms with E-state index in [1.54, 1.807) is 0 Å². The predicted molar refractivity (Wildman–Crippen MR) is 81.9 cm³/mol. The number of piperidine rings is 2. The van der Waals surface area contributed by atoms with Gasteiger partial charge >= 0.3 is 0 Å². The van der Waals surface area contributed by atoms with Crippen LogP contribution in [0.3, 0.4) is 0 Å². The van der Waals surface area contributed by atoms with Crippen LogP contribution in [0.5, 0.6) is 0 Å². The summed E-state index contributed by atoms with van der Waals surface area (Å²) in [4.78, 5) is 2.57. The van der Waals surface area contributed by atoms with Crippen LogP contribution >= 0.6 is 0 Å². The number of rotatable bonds is 5. The molecule has 0 amide bonds. The maximum atomic E-state index is 10.0. The maximum Gasteiger partial charge on any atom is 0.0898 e. The molecule has 3 unspecified atom stereocenters. The molecule has 0 aromatic carbocycles. The van der Waals surface area contributed by atoms with Gasteiger partial charge in [0.05, 0.1) is 18.3 Å². The topological polar surface area (TPSA) is 44.7 Å². The Bertz CT molecular complexity index is 289. The lowest BCUT2D eigenvalue weighted by atomic mass is 9.82. The van der Waals surface area contributed by atoms with Crippen LogP contribution in [0, 0.1) is 0 Å². The lowest BCUT2D eigenvalue weighted by molar-refractivity contribution is -0.0495. The van der Waals surface area contributed by atoms with Gasteiger partial charge in [0.1, 0.15) is 0 Å². The Balaban J connectivity index is 1.69. The zero-order valence-corrected chi connectivity index (χ0v) is 13.6. The Labute approximate surface area is 123 Å². The summed E-state index contributed by atoms with van der Waals surface area (Å²) in [5.41, 5.74) is -0.175. The molecule has 2 rings (SSSR count). The van der Waals surface area contributed by atoms with Crippen molar-refractivity contribution >= 4 is 0 Å². The van der Waals surface area contributed by atoms with E-state index < -0.39 is 6.10 Å². The second-order valence-corrected chi connectivity index (χ2v) is 7.56. The Hall–Kier alpha value is -0.160. The molecule has 118 valence electrons. The number of nitrogens with one attached hydrogen (secondary N) is 1. The molecule has 20 heavy (non-hydrogen) atoms. The van der Waals surface area contributed by atoms with E-state index in [0.29, 0.717) is 19.2 Å². The monoisotopic (exact) mass is 284 g/mol. The summed E-state index contributed by atoms with van der Waals surface area (Å²) >= 11 is 0. The zero-order valence-electron chi connectivity index (χ0n) is 13.6. The largest absolute Gasteiger partial charge is 0.389 e. The summed E-state index contributed by atoms with van der Waals surface area (Å²) in [6.45, 7) is 7.11. The maximum absolute atomic E-state index is 10.0. The van der Waals surface area contributed by atoms with E-state index in [-0.39, 0.29) is 5.60 Å². The molecule has 4 heteroatoms. The van der Waals surface area contributed by atoms with E-state index in [1.807, 2.05) is 20.8 Å². The van der Waals surface area contributed by atoms with Crippen molar-refractivity contribution in [3.05, 3.63) is 0 Å². The molecule has 0 spiro atoms. The van der Waals surface area contributed by atoms with Gasteiger partial charge < -0.3 is 20.1 Å². The summed E-state index contributed by atoms with van der Waals surface area (Å²) in [5, 5.41) is 13.6. The molecular weight excluding hydrogens is 252 g/mol. The fourth-order valence-corrected chi connectivity index (χ4v) is 3.49. The molecule has 0 aromatic heterocycles. The second kappa shape index (κ2) is 6.73. The normalized spacial score (nSPS) is 33.1. The fraction of sp³-hybridized carbons (Fsp3) is 1.00. The van der Waals surface area contributed by atoms with Gasteiger partial charge in [-0.15, -0.1) is 0 Å². The van der Waals surface area contributed by atoms with Crippen molar-refractivity contribution in [3.8, 4) is 0 Å². The van der Waals surface area contributed by atoms with Crippen LogP contribution in [0.25, 0.3) is 0 Å². The molecule has 0 aromatic rings. The number of aliphatic hydroxyl groups excluding tert-OH is 1. The Kier molecular flexibility index (Phi) is 5.46. The number of nitrogens with zero attached hydrogens (tertiary/aromatic N) is 1. The average Bonchev–Trinajstić information content (AvgIpc) is 2.33. The first-order valence-electron chi connectivity index (χ1n) is 8.12. The molecule has 0 aliphatic carbocycles. The minimum Gasteiger partial charge on any atom is -0.389 e. The van der Waals surface area contributed by atoms with Crippen LogP contribution in [0.15, 0.2) is 0 Å². The molecule has 3 atom stereocenters. The van der Waals surface area contributed by atoms with Crippen LogP contribution in [0.2, 0.25) is 0 Å². The molecular formula is C16H32N2O2. The van der Waals surface area contributed by atoms with Crippen LogP contribution in [-0.4, -0.2) is 60.0 Å². The van der Waals surface area contributed by atoms with Gasteiger partial charge in [-0.05, 0) is 53.5 Å². The van der Waals surface area contributed by atoms with Crippen molar-refractivity contribution in [1.29, 1.82) is 0 Å². The quantitative estimate of drug-likeness (QED) is 0.807. The lowest BCUT2D eigenvalue weighted by Crippen LogP contribution is -2.55. The minimum atomic E-state index is -0.409. The molecule has 2 fully saturated rings. The fourth-order valence-electron chi connectivity index (χ4n) is 3.49. The van der Waals surface area contributed by atoms with Crippen LogP contribution < -0.4 is 5.32 Å². The predicted octanol–water partition coefficient (Wildman–Crippen LogP) is 1.77. The van der Waals surface area contributed by atoms with E-state index >= 15 is 0 Å². The Morgan fingerprint density at radius 1 is 1.25 bits per heavy atom. The van der Waals surface area contributed by atoms with Crippen LogP contribution in [-0.2, 0) is 4.74 Å². The first-order chi connectivity index (χ1) is 9.35. The van der Waals surface area contributed by atoms with E-state index in [9.17, 15) is 5.11 Å². The van der Waals surface area contributed by atoms with Gasteiger partial charge in [0.2, 0.25) is 0 Å². The van der Waals surface area contributed by atoms with Crippen molar-refractivity contribution < 1.29 is 9.84 Å². The smallest absolute Gasteiger partial charge is 0.0898 e. The van der Waals surface area contributed by atoms with E-state index in [0.717, 1.165) is 12.1 Å². The summed E-state index contributed by atoms with van der Waals surface area (Å²) in [7, 11) is 2.27. The molecule has 4 nitrogen and oxygen atoms in total. The number of fused-ring (bicyclic) bond motifs is 2. The average molecular weight is 284 g/mol. The van der Waals surface area contributed by atoms with Gasteiger partial charge in [0.25, 0.3) is 0 Å². The van der Waals surface area contributed by atoms with Crippen molar-refractivity contribution in [2.45, 2.75) is 82.7 Å². The molecule has 2 heterocycles. The number of aliphatic hydroxyl groups is 1. The molecule has 2 N–H and O–H groups in total. The van der Waals surface area contributed by atoms with Crippen LogP contribution in [0.4, 0.5) is 0 Å². The molecule has 2 bridgehead atoms. The zero-order chi connectivity index (χ0) is 14.8. The third-order valence-electron chi connectivity index (χ3n) is 4.69. The number of ether oxygens (including phenoxy) is 1. The van der Waals surface area contributed by atoms with Crippen molar-refractivity contribution in [3.63, 3.8) is 0 Å². The molecule has 2 aliphatic rings. The highest BCUT2D eigenvalue weighted by atomic mass is 16.5. The summed E-state index contributed by atoms with van der Waals surface area (Å²) in [6, 6.07) is 2.04. The van der Waals surface area contributed by atoms with Crippen molar-refractivity contribution in [2.24, 2.45) is 0 Å². The molecule has 2 saturated heterocycles. The minimum absolute atomic E-state index is 0.175. The van der Waals surface area contributed by atoms with E-state index in [2.05, 4.69) is 17.3 Å².